The molecule has 0 saturated carbocycles. The van der Waals surface area contributed by atoms with Gasteiger partial charge in [0.15, 0.2) is 0 Å². The zero-order valence-electron chi connectivity index (χ0n) is 13.0. The largest absolute Gasteiger partial charge is 0.378 e. The third-order valence-corrected chi connectivity index (χ3v) is 4.00. The summed E-state index contributed by atoms with van der Waals surface area (Å²) in [6.07, 6.45) is 1.74. The van der Waals surface area contributed by atoms with Crippen LogP contribution in [0.4, 0.5) is 11.5 Å². The number of H-pyrrole nitrogens is 1. The molecule has 0 atom stereocenters. The number of amides is 1. The van der Waals surface area contributed by atoms with Crippen molar-refractivity contribution < 1.29 is 9.53 Å². The number of morpholine rings is 1. The summed E-state index contributed by atoms with van der Waals surface area (Å²) in [6, 6.07) is 11.1. The number of fused-ring (bicyclic) bond motifs is 1. The van der Waals surface area contributed by atoms with Crippen LogP contribution >= 0.6 is 0 Å². The van der Waals surface area contributed by atoms with Gasteiger partial charge in [-0.1, -0.05) is 6.07 Å². The van der Waals surface area contributed by atoms with Crippen molar-refractivity contribution in [2.24, 2.45) is 0 Å². The number of benzene rings is 1. The van der Waals surface area contributed by atoms with Gasteiger partial charge in [0.05, 0.1) is 24.9 Å². The first kappa shape index (κ1) is 14.6. The number of pyridine rings is 1. The molecule has 7 nitrogen and oxygen atoms in total. The number of hydrogen-bond acceptors (Lipinski definition) is 5. The van der Waals surface area contributed by atoms with Gasteiger partial charge in [-0.15, -0.1) is 0 Å². The molecule has 0 bridgehead atoms. The lowest BCUT2D eigenvalue weighted by atomic mass is 10.2. The maximum absolute atomic E-state index is 12.5. The van der Waals surface area contributed by atoms with E-state index < -0.39 is 0 Å². The Balaban J connectivity index is 1.53. The molecule has 0 unspecified atom stereocenters. The molecule has 1 aliphatic rings. The van der Waals surface area contributed by atoms with E-state index in [1.54, 1.807) is 12.3 Å². The lowest BCUT2D eigenvalue weighted by Gasteiger charge is -2.27. The van der Waals surface area contributed by atoms with E-state index in [0.717, 1.165) is 29.8 Å². The van der Waals surface area contributed by atoms with Crippen LogP contribution in [0.15, 0.2) is 42.6 Å². The zero-order chi connectivity index (χ0) is 16.4. The SMILES string of the molecule is O=C(Nc1ccc2cn[nH]c2c1)c1cccc(N2CCOCC2)n1. The smallest absolute Gasteiger partial charge is 0.274 e. The Morgan fingerprint density at radius 1 is 1.21 bits per heavy atom. The number of carbonyl (C=O) groups is 1. The van der Waals surface area contributed by atoms with E-state index >= 15 is 0 Å². The van der Waals surface area contributed by atoms with E-state index in [9.17, 15) is 4.79 Å². The summed E-state index contributed by atoms with van der Waals surface area (Å²) < 4.78 is 5.35. The van der Waals surface area contributed by atoms with Crippen molar-refractivity contribution in [1.82, 2.24) is 15.2 Å². The minimum absolute atomic E-state index is 0.232. The van der Waals surface area contributed by atoms with Crippen molar-refractivity contribution >= 4 is 28.3 Å². The van der Waals surface area contributed by atoms with Crippen LogP contribution < -0.4 is 10.2 Å². The minimum atomic E-state index is -0.232. The molecule has 24 heavy (non-hydrogen) atoms. The van der Waals surface area contributed by atoms with E-state index in [0.29, 0.717) is 24.6 Å². The molecule has 1 amide bonds. The predicted octanol–water partition coefficient (Wildman–Crippen LogP) is 2.05. The van der Waals surface area contributed by atoms with Gasteiger partial charge in [-0.3, -0.25) is 9.89 Å². The van der Waals surface area contributed by atoms with E-state index in [2.05, 4.69) is 25.4 Å². The standard InChI is InChI=1S/C17H17N5O2/c23-17(19-13-5-4-12-11-18-21-15(12)10-13)14-2-1-3-16(20-14)22-6-8-24-9-7-22/h1-5,10-11H,6-9H2,(H,18,21)(H,19,23). The number of carbonyl (C=O) groups excluding carboxylic acids is 1. The Kier molecular flexibility index (Phi) is 3.84. The highest BCUT2D eigenvalue weighted by Crippen LogP contribution is 2.18. The van der Waals surface area contributed by atoms with Gasteiger partial charge in [-0.05, 0) is 30.3 Å². The second-order valence-corrected chi connectivity index (χ2v) is 5.61. The predicted molar refractivity (Wildman–Crippen MR) is 91.3 cm³/mol. The van der Waals surface area contributed by atoms with Crippen molar-refractivity contribution in [3.05, 3.63) is 48.3 Å². The first-order chi connectivity index (χ1) is 11.8. The number of hydrogen-bond donors (Lipinski definition) is 2. The lowest BCUT2D eigenvalue weighted by molar-refractivity contribution is 0.102. The summed E-state index contributed by atoms with van der Waals surface area (Å²) in [6.45, 7) is 2.94. The van der Waals surface area contributed by atoms with Crippen LogP contribution in [0.5, 0.6) is 0 Å². The third-order valence-electron chi connectivity index (χ3n) is 4.00. The molecule has 0 radical (unpaired) electrons. The summed E-state index contributed by atoms with van der Waals surface area (Å²) in [4.78, 5) is 19.1. The molecule has 1 aromatic carbocycles. The van der Waals surface area contributed by atoms with Crippen LogP contribution in [0.25, 0.3) is 10.9 Å². The highest BCUT2D eigenvalue weighted by Gasteiger charge is 2.15. The normalized spacial score (nSPS) is 14.8. The summed E-state index contributed by atoms with van der Waals surface area (Å²) in [7, 11) is 0. The first-order valence-corrected chi connectivity index (χ1v) is 7.84. The molecule has 4 rings (SSSR count). The maximum atomic E-state index is 12.5. The quantitative estimate of drug-likeness (QED) is 0.771. The van der Waals surface area contributed by atoms with Gasteiger partial charge < -0.3 is 15.0 Å². The Labute approximate surface area is 138 Å². The Bertz CT molecular complexity index is 870. The molecule has 1 fully saturated rings. The number of nitrogens with zero attached hydrogens (tertiary/aromatic N) is 3. The number of anilines is 2. The van der Waals surface area contributed by atoms with Crippen molar-refractivity contribution in [2.75, 3.05) is 36.5 Å². The highest BCUT2D eigenvalue weighted by atomic mass is 16.5. The van der Waals surface area contributed by atoms with Crippen LogP contribution in [-0.2, 0) is 4.74 Å². The van der Waals surface area contributed by atoms with Crippen molar-refractivity contribution in [2.45, 2.75) is 0 Å². The monoisotopic (exact) mass is 323 g/mol. The third kappa shape index (κ3) is 2.93. The van der Waals surface area contributed by atoms with Crippen LogP contribution in [0.2, 0.25) is 0 Å². The topological polar surface area (TPSA) is 83.1 Å². The molecule has 1 saturated heterocycles. The summed E-state index contributed by atoms with van der Waals surface area (Å²) >= 11 is 0. The van der Waals surface area contributed by atoms with Crippen molar-refractivity contribution in [3.8, 4) is 0 Å². The second kappa shape index (κ2) is 6.29. The molecule has 3 heterocycles. The van der Waals surface area contributed by atoms with Gasteiger partial charge in [0.2, 0.25) is 0 Å². The van der Waals surface area contributed by atoms with Crippen LogP contribution in [-0.4, -0.2) is 47.4 Å². The number of aromatic amines is 1. The number of nitrogens with one attached hydrogen (secondary N) is 2. The molecule has 0 spiro atoms. The lowest BCUT2D eigenvalue weighted by Crippen LogP contribution is -2.37. The number of ether oxygens (including phenoxy) is 1. The molecular formula is C17H17N5O2. The number of aromatic nitrogens is 3. The Morgan fingerprint density at radius 2 is 2.08 bits per heavy atom. The summed E-state index contributed by atoms with van der Waals surface area (Å²) in [5.74, 6) is 0.568. The minimum Gasteiger partial charge on any atom is -0.378 e. The summed E-state index contributed by atoms with van der Waals surface area (Å²) in [5.41, 5.74) is 1.97. The molecule has 7 heteroatoms. The van der Waals surface area contributed by atoms with Crippen molar-refractivity contribution in [3.63, 3.8) is 0 Å². The fourth-order valence-electron chi connectivity index (χ4n) is 2.73. The molecule has 3 aromatic rings. The number of rotatable bonds is 3. The van der Waals surface area contributed by atoms with Gasteiger partial charge in [0.25, 0.3) is 5.91 Å². The molecule has 2 aromatic heterocycles. The Morgan fingerprint density at radius 3 is 2.96 bits per heavy atom. The van der Waals surface area contributed by atoms with Gasteiger partial charge in [0.1, 0.15) is 11.5 Å². The Hall–Kier alpha value is -2.93. The van der Waals surface area contributed by atoms with Crippen LogP contribution in [0, 0.1) is 0 Å². The molecular weight excluding hydrogens is 306 g/mol. The first-order valence-electron chi connectivity index (χ1n) is 7.84. The summed E-state index contributed by atoms with van der Waals surface area (Å²) in [5, 5.41) is 10.7. The second-order valence-electron chi connectivity index (χ2n) is 5.61. The molecule has 2 N–H and O–H groups in total. The molecule has 0 aliphatic carbocycles. The zero-order valence-corrected chi connectivity index (χ0v) is 13.0. The van der Waals surface area contributed by atoms with Gasteiger partial charge >= 0.3 is 0 Å². The average Bonchev–Trinajstić information content (AvgIpc) is 3.10. The van der Waals surface area contributed by atoms with Crippen LogP contribution in [0.1, 0.15) is 10.5 Å². The van der Waals surface area contributed by atoms with Gasteiger partial charge in [-0.25, -0.2) is 4.98 Å². The van der Waals surface area contributed by atoms with E-state index in [1.165, 1.54) is 0 Å². The van der Waals surface area contributed by atoms with E-state index in [1.807, 2.05) is 30.3 Å². The fraction of sp³-hybridized carbons (Fsp3) is 0.235. The van der Waals surface area contributed by atoms with Gasteiger partial charge in [-0.2, -0.15) is 5.10 Å². The molecule has 1 aliphatic heterocycles. The van der Waals surface area contributed by atoms with E-state index in [-0.39, 0.29) is 5.91 Å². The van der Waals surface area contributed by atoms with E-state index in [4.69, 9.17) is 4.74 Å². The van der Waals surface area contributed by atoms with Crippen molar-refractivity contribution in [1.29, 1.82) is 0 Å². The van der Waals surface area contributed by atoms with Crippen LogP contribution in [0.3, 0.4) is 0 Å². The average molecular weight is 323 g/mol. The maximum Gasteiger partial charge on any atom is 0.274 e. The highest BCUT2D eigenvalue weighted by molar-refractivity contribution is 6.03. The molecule has 122 valence electrons. The fourth-order valence-corrected chi connectivity index (χ4v) is 2.73. The van der Waals surface area contributed by atoms with Gasteiger partial charge in [0, 0.05) is 24.2 Å².